The molecule has 3 nitrogen and oxygen atoms in total. The van der Waals surface area contributed by atoms with Gasteiger partial charge < -0.3 is 10.6 Å². The van der Waals surface area contributed by atoms with Crippen LogP contribution in [0.3, 0.4) is 0 Å². The van der Waals surface area contributed by atoms with Crippen molar-refractivity contribution >= 4 is 17.2 Å². The number of rotatable bonds is 1. The summed E-state index contributed by atoms with van der Waals surface area (Å²) >= 11 is 1.51. The van der Waals surface area contributed by atoms with Gasteiger partial charge in [0, 0.05) is 18.0 Å². The molecule has 106 valence electrons. The van der Waals surface area contributed by atoms with E-state index >= 15 is 0 Å². The topological polar surface area (TPSA) is 46.3 Å². The van der Waals surface area contributed by atoms with E-state index in [2.05, 4.69) is 0 Å². The van der Waals surface area contributed by atoms with E-state index in [1.54, 1.807) is 0 Å². The lowest BCUT2D eigenvalue weighted by molar-refractivity contribution is -0.187. The highest BCUT2D eigenvalue weighted by Crippen LogP contribution is 2.33. The van der Waals surface area contributed by atoms with Crippen molar-refractivity contribution in [3.8, 4) is 0 Å². The van der Waals surface area contributed by atoms with Gasteiger partial charge >= 0.3 is 12.1 Å². The normalized spacial score (nSPS) is 24.6. The lowest BCUT2D eigenvalue weighted by atomic mass is 9.84. The molecule has 1 aromatic heterocycles. The minimum atomic E-state index is -4.83. The fraction of sp³-hybridized carbons (Fsp3) is 0.583. The van der Waals surface area contributed by atoms with Crippen molar-refractivity contribution in [2.75, 3.05) is 13.1 Å². The van der Waals surface area contributed by atoms with E-state index in [4.69, 9.17) is 5.73 Å². The van der Waals surface area contributed by atoms with Crippen molar-refractivity contribution in [3.05, 3.63) is 21.9 Å². The average molecular weight is 292 g/mol. The first kappa shape index (κ1) is 14.3. The fourth-order valence-electron chi connectivity index (χ4n) is 2.38. The monoisotopic (exact) mass is 292 g/mol. The van der Waals surface area contributed by atoms with Crippen LogP contribution in [0.1, 0.15) is 23.3 Å². The van der Waals surface area contributed by atoms with Gasteiger partial charge in [0.1, 0.15) is 0 Å². The van der Waals surface area contributed by atoms with Gasteiger partial charge in [-0.05, 0) is 36.8 Å². The van der Waals surface area contributed by atoms with Crippen LogP contribution in [0.2, 0.25) is 0 Å². The second-order valence-corrected chi connectivity index (χ2v) is 6.05. The number of piperidine rings is 1. The Morgan fingerprint density at radius 1 is 1.53 bits per heavy atom. The van der Waals surface area contributed by atoms with Crippen LogP contribution in [0.25, 0.3) is 0 Å². The molecule has 1 saturated heterocycles. The van der Waals surface area contributed by atoms with Crippen LogP contribution in [0, 0.1) is 6.92 Å². The molecule has 2 rings (SSSR count). The zero-order chi connectivity index (χ0) is 14.3. The fourth-order valence-corrected chi connectivity index (χ4v) is 3.19. The molecule has 1 amide bonds. The largest absolute Gasteiger partial charge is 0.471 e. The summed E-state index contributed by atoms with van der Waals surface area (Å²) < 4.78 is 37.4. The van der Waals surface area contributed by atoms with E-state index in [1.165, 1.54) is 11.3 Å². The summed E-state index contributed by atoms with van der Waals surface area (Å²) in [6.07, 6.45) is -3.76. The third-order valence-corrected chi connectivity index (χ3v) is 4.22. The molecule has 0 aromatic carbocycles. The van der Waals surface area contributed by atoms with Crippen molar-refractivity contribution < 1.29 is 18.0 Å². The first-order valence-corrected chi connectivity index (χ1v) is 6.81. The second-order valence-electron chi connectivity index (χ2n) is 4.93. The van der Waals surface area contributed by atoms with Crippen molar-refractivity contribution in [3.63, 3.8) is 0 Å². The van der Waals surface area contributed by atoms with E-state index in [-0.39, 0.29) is 13.1 Å². The molecule has 2 heterocycles. The maximum absolute atomic E-state index is 12.5. The first-order valence-electron chi connectivity index (χ1n) is 5.93. The lowest BCUT2D eigenvalue weighted by Gasteiger charge is -2.40. The molecule has 1 aliphatic rings. The molecular weight excluding hydrogens is 277 g/mol. The highest BCUT2D eigenvalue weighted by atomic mass is 32.1. The minimum Gasteiger partial charge on any atom is -0.333 e. The van der Waals surface area contributed by atoms with Gasteiger partial charge in [-0.15, -0.1) is 11.3 Å². The average Bonchev–Trinajstić information content (AvgIpc) is 2.74. The number of hydrogen-bond donors (Lipinski definition) is 1. The highest BCUT2D eigenvalue weighted by Gasteiger charge is 2.46. The van der Waals surface area contributed by atoms with Gasteiger partial charge in [-0.2, -0.15) is 13.2 Å². The zero-order valence-corrected chi connectivity index (χ0v) is 11.3. The van der Waals surface area contributed by atoms with Crippen LogP contribution in [-0.2, 0) is 10.3 Å². The van der Waals surface area contributed by atoms with Crippen LogP contribution in [-0.4, -0.2) is 30.1 Å². The van der Waals surface area contributed by atoms with E-state index in [9.17, 15) is 18.0 Å². The first-order chi connectivity index (χ1) is 8.72. The predicted molar refractivity (Wildman–Crippen MR) is 66.8 cm³/mol. The van der Waals surface area contributed by atoms with Gasteiger partial charge in [-0.1, -0.05) is 0 Å². The van der Waals surface area contributed by atoms with E-state index in [0.29, 0.717) is 12.8 Å². The lowest BCUT2D eigenvalue weighted by Crippen LogP contribution is -2.55. The summed E-state index contributed by atoms with van der Waals surface area (Å²) in [6.45, 7) is 1.95. The summed E-state index contributed by atoms with van der Waals surface area (Å²) in [4.78, 5) is 13.2. The summed E-state index contributed by atoms with van der Waals surface area (Å²) in [5, 5.41) is 1.86. The van der Waals surface area contributed by atoms with Crippen LogP contribution in [0.4, 0.5) is 13.2 Å². The molecule has 2 N–H and O–H groups in total. The number of likely N-dealkylation sites (tertiary alicyclic amines) is 1. The number of halogens is 3. The Bertz CT molecular complexity index is 486. The van der Waals surface area contributed by atoms with Crippen LogP contribution in [0.5, 0.6) is 0 Å². The molecule has 1 atom stereocenters. The predicted octanol–water partition coefficient (Wildman–Crippen LogP) is 2.40. The van der Waals surface area contributed by atoms with Crippen molar-refractivity contribution in [1.82, 2.24) is 4.90 Å². The number of aryl methyl sites for hydroxylation is 1. The third-order valence-electron chi connectivity index (χ3n) is 3.36. The molecule has 0 bridgehead atoms. The quantitative estimate of drug-likeness (QED) is 0.864. The van der Waals surface area contributed by atoms with Crippen molar-refractivity contribution in [2.45, 2.75) is 31.5 Å². The number of amides is 1. The van der Waals surface area contributed by atoms with Crippen molar-refractivity contribution in [1.29, 1.82) is 0 Å². The number of thiophene rings is 1. The Kier molecular flexibility index (Phi) is 3.61. The summed E-state index contributed by atoms with van der Waals surface area (Å²) in [6, 6.07) is 1.88. The number of hydrogen-bond acceptors (Lipinski definition) is 3. The van der Waals surface area contributed by atoms with Gasteiger partial charge in [0.15, 0.2) is 0 Å². The molecule has 0 aliphatic carbocycles. The standard InChI is InChI=1S/C12H15F3N2OS/c1-8-5-9(6-19-8)11(16)3-2-4-17(7-11)10(18)12(13,14)15/h5-6H,2-4,7,16H2,1H3. The Morgan fingerprint density at radius 3 is 2.74 bits per heavy atom. The summed E-state index contributed by atoms with van der Waals surface area (Å²) in [5.74, 6) is -1.80. The molecule has 1 aliphatic heterocycles. The number of alkyl halides is 3. The zero-order valence-electron chi connectivity index (χ0n) is 10.5. The van der Waals surface area contributed by atoms with E-state index in [0.717, 1.165) is 15.3 Å². The minimum absolute atomic E-state index is 0.0818. The van der Waals surface area contributed by atoms with Gasteiger partial charge in [0.05, 0.1) is 5.54 Å². The summed E-state index contributed by atoms with van der Waals surface area (Å²) in [5.41, 5.74) is 6.15. The van der Waals surface area contributed by atoms with Gasteiger partial charge in [-0.25, -0.2) is 0 Å². The Hall–Kier alpha value is -1.08. The third kappa shape index (κ3) is 2.92. The van der Waals surface area contributed by atoms with Crippen LogP contribution >= 0.6 is 11.3 Å². The maximum Gasteiger partial charge on any atom is 0.471 e. The summed E-state index contributed by atoms with van der Waals surface area (Å²) in [7, 11) is 0. The Labute approximate surface area is 113 Å². The molecule has 1 aromatic rings. The van der Waals surface area contributed by atoms with E-state index < -0.39 is 17.6 Å². The molecule has 7 heteroatoms. The van der Waals surface area contributed by atoms with Gasteiger partial charge in [-0.3, -0.25) is 4.79 Å². The Morgan fingerprint density at radius 2 is 2.21 bits per heavy atom. The molecule has 1 fully saturated rings. The van der Waals surface area contributed by atoms with Gasteiger partial charge in [0.25, 0.3) is 0 Å². The highest BCUT2D eigenvalue weighted by molar-refractivity contribution is 7.10. The molecule has 1 unspecified atom stereocenters. The number of carbonyl (C=O) groups excluding carboxylic acids is 1. The maximum atomic E-state index is 12.5. The van der Waals surface area contributed by atoms with Crippen LogP contribution < -0.4 is 5.73 Å². The van der Waals surface area contributed by atoms with Crippen molar-refractivity contribution in [2.24, 2.45) is 5.73 Å². The second kappa shape index (κ2) is 4.79. The molecule has 0 radical (unpaired) electrons. The van der Waals surface area contributed by atoms with Crippen LogP contribution in [0.15, 0.2) is 11.4 Å². The molecule has 0 spiro atoms. The van der Waals surface area contributed by atoms with Gasteiger partial charge in [0.2, 0.25) is 0 Å². The smallest absolute Gasteiger partial charge is 0.333 e. The Balaban J connectivity index is 2.19. The molecule has 0 saturated carbocycles. The SMILES string of the molecule is Cc1cc(C2(N)CCCN(C(=O)C(F)(F)F)C2)cs1. The molecule has 19 heavy (non-hydrogen) atoms. The molecular formula is C12H15F3N2OS. The number of carbonyl (C=O) groups is 1. The van der Waals surface area contributed by atoms with E-state index in [1.807, 2.05) is 18.4 Å². The number of nitrogens with zero attached hydrogens (tertiary/aromatic N) is 1. The number of nitrogens with two attached hydrogens (primary N) is 1.